The molecule has 2 bridgehead atoms. The molecule has 2 aliphatic heterocycles. The Labute approximate surface area is 155 Å². The van der Waals surface area contributed by atoms with Crippen molar-refractivity contribution >= 4 is 18.6 Å². The van der Waals surface area contributed by atoms with Crippen molar-refractivity contribution in [2.24, 2.45) is 5.92 Å². The van der Waals surface area contributed by atoms with Crippen LogP contribution < -0.4 is 5.32 Å². The summed E-state index contributed by atoms with van der Waals surface area (Å²) in [6.07, 6.45) is 7.82. The van der Waals surface area contributed by atoms with Crippen molar-refractivity contribution in [1.29, 1.82) is 0 Å². The number of hydrogen-bond donors (Lipinski definition) is 2. The Hall–Kier alpha value is -2.34. The van der Waals surface area contributed by atoms with Gasteiger partial charge in [0.15, 0.2) is 0 Å². The van der Waals surface area contributed by atoms with Gasteiger partial charge in [-0.3, -0.25) is 4.79 Å². The zero-order chi connectivity index (χ0) is 18.8. The number of nitrogens with zero attached hydrogens (tertiary/aromatic N) is 2. The van der Waals surface area contributed by atoms with Crippen LogP contribution in [0, 0.1) is 5.92 Å². The first-order valence-corrected chi connectivity index (χ1v) is 9.16. The van der Waals surface area contributed by atoms with Crippen LogP contribution in [0.4, 0.5) is 4.79 Å². The summed E-state index contributed by atoms with van der Waals surface area (Å²) in [5.74, 6) is 0.623. The number of fused-ring (bicyclic) bond motifs is 3. The zero-order valence-corrected chi connectivity index (χ0v) is 15.4. The Kier molecular flexibility index (Phi) is 8.15. The number of urea groups is 1. The van der Waals surface area contributed by atoms with E-state index in [0.717, 1.165) is 25.2 Å². The third-order valence-electron chi connectivity index (χ3n) is 5.00. The van der Waals surface area contributed by atoms with Crippen LogP contribution in [0.3, 0.4) is 0 Å². The van der Waals surface area contributed by atoms with Crippen molar-refractivity contribution < 1.29 is 14.7 Å². The standard InChI is InChI=1S/C19H27N3O.CH2O2/c1-21-13-17-9-5-11-18(21)15-22(14-17)19(23)20-12-6-10-16-7-3-2-4-8-16;2-1-3/h2-4,6-8,10,17-18H,5,9,11-15H2,1H3,(H,20,23);1H,(H,2,3)/b10-6+;/t17-,18-;/m0./s1. The second kappa shape index (κ2) is 10.6. The van der Waals surface area contributed by atoms with Gasteiger partial charge in [0.1, 0.15) is 0 Å². The van der Waals surface area contributed by atoms with Crippen LogP contribution in [-0.4, -0.2) is 66.7 Å². The fourth-order valence-electron chi connectivity index (χ4n) is 3.71. The number of rotatable bonds is 3. The fourth-order valence-corrected chi connectivity index (χ4v) is 3.71. The molecule has 0 unspecified atom stereocenters. The third-order valence-corrected chi connectivity index (χ3v) is 5.00. The lowest BCUT2D eigenvalue weighted by Gasteiger charge is -2.29. The van der Waals surface area contributed by atoms with E-state index in [1.54, 1.807) is 0 Å². The molecule has 6 nitrogen and oxygen atoms in total. The van der Waals surface area contributed by atoms with Crippen LogP contribution in [-0.2, 0) is 4.79 Å². The van der Waals surface area contributed by atoms with E-state index in [4.69, 9.17) is 9.90 Å². The van der Waals surface area contributed by atoms with Gasteiger partial charge < -0.3 is 20.2 Å². The molecule has 2 fully saturated rings. The lowest BCUT2D eigenvalue weighted by molar-refractivity contribution is -0.122. The van der Waals surface area contributed by atoms with Crippen molar-refractivity contribution in [3.05, 3.63) is 42.0 Å². The van der Waals surface area contributed by atoms with Gasteiger partial charge in [0, 0.05) is 32.2 Å². The molecule has 1 aromatic rings. The first-order valence-electron chi connectivity index (χ1n) is 9.16. The van der Waals surface area contributed by atoms with Gasteiger partial charge in [-0.25, -0.2) is 4.79 Å². The van der Waals surface area contributed by atoms with Gasteiger partial charge in [0.2, 0.25) is 0 Å². The minimum absolute atomic E-state index is 0.0786. The highest BCUT2D eigenvalue weighted by Gasteiger charge is 2.32. The number of benzene rings is 1. The number of likely N-dealkylation sites (tertiary alicyclic amines) is 1. The molecule has 2 saturated heterocycles. The average Bonchev–Trinajstić information content (AvgIpc) is 2.88. The van der Waals surface area contributed by atoms with Crippen LogP contribution >= 0.6 is 0 Å². The summed E-state index contributed by atoms with van der Waals surface area (Å²) in [7, 11) is 2.20. The number of carbonyl (C=O) groups excluding carboxylic acids is 1. The van der Waals surface area contributed by atoms with Gasteiger partial charge in [-0.2, -0.15) is 0 Å². The quantitative estimate of drug-likeness (QED) is 0.814. The molecule has 142 valence electrons. The summed E-state index contributed by atoms with van der Waals surface area (Å²) < 4.78 is 0. The maximum absolute atomic E-state index is 12.5. The van der Waals surface area contributed by atoms with E-state index in [0.29, 0.717) is 18.5 Å². The number of likely N-dealkylation sites (N-methyl/N-ethyl adjacent to an activating group) is 1. The van der Waals surface area contributed by atoms with E-state index in [1.807, 2.05) is 35.3 Å². The average molecular weight is 359 g/mol. The summed E-state index contributed by atoms with van der Waals surface area (Å²) in [5, 5.41) is 9.93. The molecule has 6 heteroatoms. The second-order valence-corrected chi connectivity index (χ2v) is 6.90. The molecule has 26 heavy (non-hydrogen) atoms. The van der Waals surface area contributed by atoms with E-state index in [2.05, 4.69) is 29.4 Å². The summed E-state index contributed by atoms with van der Waals surface area (Å²) in [4.78, 5) is 25.3. The smallest absolute Gasteiger partial charge is 0.317 e. The molecule has 0 spiro atoms. The Morgan fingerprint density at radius 2 is 1.96 bits per heavy atom. The molecular weight excluding hydrogens is 330 g/mol. The molecule has 0 radical (unpaired) electrons. The Morgan fingerprint density at radius 3 is 2.69 bits per heavy atom. The molecule has 2 atom stereocenters. The Bertz CT molecular complexity index is 591. The second-order valence-electron chi connectivity index (χ2n) is 6.90. The van der Waals surface area contributed by atoms with Crippen LogP contribution in [0.25, 0.3) is 6.08 Å². The van der Waals surface area contributed by atoms with Gasteiger partial charge in [-0.1, -0.05) is 48.9 Å². The van der Waals surface area contributed by atoms with Gasteiger partial charge in [-0.15, -0.1) is 0 Å². The molecule has 1 aromatic carbocycles. The fraction of sp³-hybridized carbons (Fsp3) is 0.500. The zero-order valence-electron chi connectivity index (χ0n) is 15.4. The minimum atomic E-state index is -0.250. The minimum Gasteiger partial charge on any atom is -0.483 e. The Morgan fingerprint density at radius 1 is 1.23 bits per heavy atom. The van der Waals surface area contributed by atoms with Crippen LogP contribution in [0.1, 0.15) is 24.8 Å². The molecule has 2 heterocycles. The SMILES string of the molecule is CN1C[C@@H]2CCC[C@H]1CN(C(=O)NC/C=C/c1ccccc1)C2.O=CO. The third kappa shape index (κ3) is 6.19. The van der Waals surface area contributed by atoms with Gasteiger partial charge in [-0.05, 0) is 31.4 Å². The summed E-state index contributed by atoms with van der Waals surface area (Å²) in [5.41, 5.74) is 1.16. The summed E-state index contributed by atoms with van der Waals surface area (Å²) in [6, 6.07) is 10.8. The van der Waals surface area contributed by atoms with Gasteiger partial charge in [0.25, 0.3) is 6.47 Å². The normalized spacial score (nSPS) is 22.9. The molecule has 0 aromatic heterocycles. The van der Waals surface area contributed by atoms with E-state index in [-0.39, 0.29) is 12.5 Å². The van der Waals surface area contributed by atoms with Crippen molar-refractivity contribution in [2.45, 2.75) is 25.3 Å². The maximum Gasteiger partial charge on any atom is 0.317 e. The topological polar surface area (TPSA) is 72.9 Å². The molecule has 0 aliphatic carbocycles. The predicted molar refractivity (Wildman–Crippen MR) is 103 cm³/mol. The number of amides is 2. The first kappa shape index (κ1) is 20.0. The van der Waals surface area contributed by atoms with Crippen LogP contribution in [0.15, 0.2) is 36.4 Å². The van der Waals surface area contributed by atoms with Crippen molar-refractivity contribution in [3.63, 3.8) is 0 Å². The van der Waals surface area contributed by atoms with Crippen LogP contribution in [0.2, 0.25) is 0 Å². The summed E-state index contributed by atoms with van der Waals surface area (Å²) >= 11 is 0. The van der Waals surface area contributed by atoms with Gasteiger partial charge >= 0.3 is 6.03 Å². The monoisotopic (exact) mass is 359 g/mol. The van der Waals surface area contributed by atoms with Crippen LogP contribution in [0.5, 0.6) is 0 Å². The van der Waals surface area contributed by atoms with Crippen molar-refractivity contribution in [3.8, 4) is 0 Å². The number of carboxylic acid groups (broad SMARTS) is 1. The lowest BCUT2D eigenvalue weighted by atomic mass is 10.00. The Balaban J connectivity index is 0.000000758. The van der Waals surface area contributed by atoms with E-state index in [9.17, 15) is 4.79 Å². The number of carbonyl (C=O) groups is 2. The molecule has 0 saturated carbocycles. The number of hydrogen-bond acceptors (Lipinski definition) is 3. The highest BCUT2D eigenvalue weighted by atomic mass is 16.3. The molecular formula is C20H29N3O3. The number of nitrogens with one attached hydrogen (secondary N) is 1. The highest BCUT2D eigenvalue weighted by molar-refractivity contribution is 5.74. The van der Waals surface area contributed by atoms with Gasteiger partial charge in [0.05, 0.1) is 0 Å². The lowest BCUT2D eigenvalue weighted by Crippen LogP contribution is -2.46. The molecule has 3 rings (SSSR count). The van der Waals surface area contributed by atoms with Crippen molar-refractivity contribution in [2.75, 3.05) is 33.2 Å². The van der Waals surface area contributed by atoms with Crippen molar-refractivity contribution in [1.82, 2.24) is 15.1 Å². The largest absolute Gasteiger partial charge is 0.483 e. The van der Waals surface area contributed by atoms with E-state index in [1.165, 1.54) is 19.3 Å². The molecule has 2 aliphatic rings. The van der Waals surface area contributed by atoms with E-state index >= 15 is 0 Å². The molecule has 2 amide bonds. The maximum atomic E-state index is 12.5. The highest BCUT2D eigenvalue weighted by Crippen LogP contribution is 2.25. The predicted octanol–water partition coefficient (Wildman–Crippen LogP) is 2.53. The first-order chi connectivity index (χ1) is 12.6. The molecule has 2 N–H and O–H groups in total. The van der Waals surface area contributed by atoms with E-state index < -0.39 is 0 Å². The summed E-state index contributed by atoms with van der Waals surface area (Å²) in [6.45, 7) is 3.22.